The van der Waals surface area contributed by atoms with Crippen LogP contribution in [0.5, 0.6) is 5.75 Å². The molecule has 3 rings (SSSR count). The zero-order chi connectivity index (χ0) is 22.6. The van der Waals surface area contributed by atoms with Crippen molar-refractivity contribution in [3.05, 3.63) is 59.4 Å². The normalized spacial score (nSPS) is 16.1. The van der Waals surface area contributed by atoms with Crippen molar-refractivity contribution in [1.29, 1.82) is 0 Å². The van der Waals surface area contributed by atoms with Gasteiger partial charge in [-0.2, -0.15) is 0 Å². The molecule has 1 heterocycles. The molecule has 1 N–H and O–H groups in total. The van der Waals surface area contributed by atoms with Crippen molar-refractivity contribution in [3.63, 3.8) is 0 Å². The van der Waals surface area contributed by atoms with Gasteiger partial charge < -0.3 is 18.9 Å². The number of carbonyl (C=O) groups excluding carboxylic acids is 1. The number of hydrogen-bond acceptors (Lipinski definition) is 5. The van der Waals surface area contributed by atoms with Gasteiger partial charge in [0.25, 0.3) is 5.91 Å². The van der Waals surface area contributed by atoms with E-state index in [1.165, 1.54) is 23.1 Å². The number of amides is 1. The predicted octanol–water partition coefficient (Wildman–Crippen LogP) is 2.89. The van der Waals surface area contributed by atoms with Gasteiger partial charge in [-0.15, -0.1) is 13.2 Å². The topological polar surface area (TPSA) is 84.9 Å². The smallest absolute Gasteiger partial charge is 0.573 e. The van der Waals surface area contributed by atoms with E-state index < -0.39 is 35.0 Å². The van der Waals surface area contributed by atoms with E-state index in [1.807, 2.05) is 9.62 Å². The van der Waals surface area contributed by atoms with Gasteiger partial charge in [0, 0.05) is 49.6 Å². The van der Waals surface area contributed by atoms with Crippen LogP contribution in [0.15, 0.2) is 42.5 Å². The Hall–Kier alpha value is -2.70. The summed E-state index contributed by atoms with van der Waals surface area (Å²) in [5.41, 5.74) is 0.287. The van der Waals surface area contributed by atoms with Crippen molar-refractivity contribution < 1.29 is 35.9 Å². The SMILES string of the molecule is O=C(c1ccc(NS(=O)[O-])c(OC(F)(F)F)c1)N1CCN(Cc2cccc(F)c2)CC1. The lowest BCUT2D eigenvalue weighted by atomic mass is 10.1. The number of benzene rings is 2. The molecule has 2 aromatic carbocycles. The number of nitrogens with zero attached hydrogens (tertiary/aromatic N) is 2. The first-order chi connectivity index (χ1) is 14.6. The van der Waals surface area contributed by atoms with E-state index in [2.05, 4.69) is 4.74 Å². The highest BCUT2D eigenvalue weighted by atomic mass is 32.2. The largest absolute Gasteiger partial charge is 0.755 e. The Morgan fingerprint density at radius 3 is 2.45 bits per heavy atom. The Labute approximate surface area is 178 Å². The summed E-state index contributed by atoms with van der Waals surface area (Å²) in [6.45, 7) is 2.17. The van der Waals surface area contributed by atoms with Gasteiger partial charge >= 0.3 is 6.36 Å². The molecular formula is C19H18F4N3O4S-. The molecule has 1 amide bonds. The number of piperazine rings is 1. The fourth-order valence-electron chi connectivity index (χ4n) is 3.22. The molecule has 1 aliphatic rings. The van der Waals surface area contributed by atoms with Crippen molar-refractivity contribution in [3.8, 4) is 5.75 Å². The molecule has 1 fully saturated rings. The molecular weight excluding hydrogens is 442 g/mol. The maximum Gasteiger partial charge on any atom is 0.573 e. The highest BCUT2D eigenvalue weighted by Gasteiger charge is 2.33. The maximum absolute atomic E-state index is 13.3. The van der Waals surface area contributed by atoms with Crippen LogP contribution in [-0.2, 0) is 17.8 Å². The fraction of sp³-hybridized carbons (Fsp3) is 0.316. The fourth-order valence-corrected chi connectivity index (χ4v) is 3.57. The molecule has 168 valence electrons. The number of ether oxygens (including phenoxy) is 1. The van der Waals surface area contributed by atoms with E-state index in [1.54, 1.807) is 12.1 Å². The average molecular weight is 460 g/mol. The third-order valence-electron chi connectivity index (χ3n) is 4.60. The molecule has 2 aromatic rings. The molecule has 0 spiro atoms. The van der Waals surface area contributed by atoms with E-state index in [0.29, 0.717) is 32.7 Å². The number of nitrogens with one attached hydrogen (secondary N) is 1. The molecule has 0 saturated carbocycles. The minimum atomic E-state index is -5.06. The van der Waals surface area contributed by atoms with E-state index in [-0.39, 0.29) is 11.4 Å². The van der Waals surface area contributed by atoms with Gasteiger partial charge in [0.2, 0.25) is 0 Å². The first-order valence-corrected chi connectivity index (χ1v) is 10.2. The van der Waals surface area contributed by atoms with Gasteiger partial charge in [0.1, 0.15) is 5.82 Å². The quantitative estimate of drug-likeness (QED) is 0.530. The van der Waals surface area contributed by atoms with Gasteiger partial charge in [-0.3, -0.25) is 13.9 Å². The van der Waals surface area contributed by atoms with Crippen molar-refractivity contribution >= 4 is 22.9 Å². The Kier molecular flexibility index (Phi) is 7.13. The summed E-state index contributed by atoms with van der Waals surface area (Å²) >= 11 is -2.87. The zero-order valence-electron chi connectivity index (χ0n) is 16.0. The third kappa shape index (κ3) is 6.64. The van der Waals surface area contributed by atoms with Gasteiger partial charge in [0.15, 0.2) is 5.75 Å². The molecule has 1 unspecified atom stereocenters. The van der Waals surface area contributed by atoms with Crippen molar-refractivity contribution in [2.75, 3.05) is 30.9 Å². The lowest BCUT2D eigenvalue weighted by Crippen LogP contribution is -2.48. The first kappa shape index (κ1) is 23.0. The number of anilines is 1. The van der Waals surface area contributed by atoms with Crippen molar-refractivity contribution in [2.24, 2.45) is 0 Å². The molecule has 1 saturated heterocycles. The summed E-state index contributed by atoms with van der Waals surface area (Å²) in [7, 11) is 0. The number of halogens is 4. The standard InChI is InChI=1S/C19H19F4N3O4S/c20-15-3-1-2-13(10-15)12-25-6-8-26(9-7-25)18(27)14-4-5-16(24-31(28)29)17(11-14)30-19(21,22)23/h1-5,10-11,24H,6-9,12H2,(H,28,29)/p-1. The molecule has 0 radical (unpaired) electrons. The van der Waals surface area contributed by atoms with Crippen LogP contribution in [0.25, 0.3) is 0 Å². The summed E-state index contributed by atoms with van der Waals surface area (Å²) in [5.74, 6) is -1.67. The van der Waals surface area contributed by atoms with Gasteiger partial charge in [-0.1, -0.05) is 12.1 Å². The van der Waals surface area contributed by atoms with E-state index in [4.69, 9.17) is 0 Å². The average Bonchev–Trinajstić information content (AvgIpc) is 2.68. The van der Waals surface area contributed by atoms with Crippen LogP contribution in [0.2, 0.25) is 0 Å². The molecule has 0 bridgehead atoms. The predicted molar refractivity (Wildman–Crippen MR) is 103 cm³/mol. The summed E-state index contributed by atoms with van der Waals surface area (Å²) in [5, 5.41) is 0. The molecule has 12 heteroatoms. The highest BCUT2D eigenvalue weighted by molar-refractivity contribution is 7.80. The molecule has 1 aliphatic heterocycles. The summed E-state index contributed by atoms with van der Waals surface area (Å²) in [4.78, 5) is 16.3. The van der Waals surface area contributed by atoms with E-state index in [0.717, 1.165) is 17.7 Å². The summed E-state index contributed by atoms with van der Waals surface area (Å²) < 4.78 is 78.6. The molecule has 1 atom stereocenters. The van der Waals surface area contributed by atoms with Crippen molar-refractivity contribution in [1.82, 2.24) is 9.80 Å². The first-order valence-electron chi connectivity index (χ1n) is 9.12. The van der Waals surface area contributed by atoms with Gasteiger partial charge in [0.05, 0.1) is 5.69 Å². The van der Waals surface area contributed by atoms with Gasteiger partial charge in [-0.25, -0.2) is 4.39 Å². The second-order valence-electron chi connectivity index (χ2n) is 6.79. The third-order valence-corrected chi connectivity index (χ3v) is 4.99. The molecule has 7 nitrogen and oxygen atoms in total. The van der Waals surface area contributed by atoms with Crippen LogP contribution in [0.4, 0.5) is 23.2 Å². The van der Waals surface area contributed by atoms with Crippen LogP contribution in [0.3, 0.4) is 0 Å². The van der Waals surface area contributed by atoms with Crippen LogP contribution in [-0.4, -0.2) is 57.0 Å². The summed E-state index contributed by atoms with van der Waals surface area (Å²) in [6.07, 6.45) is -5.06. The second-order valence-corrected chi connectivity index (χ2v) is 7.47. The van der Waals surface area contributed by atoms with Gasteiger partial charge in [-0.05, 0) is 35.9 Å². The number of hydrogen-bond donors (Lipinski definition) is 1. The number of rotatable bonds is 6. The second kappa shape index (κ2) is 9.62. The number of alkyl halides is 3. The zero-order valence-corrected chi connectivity index (χ0v) is 16.8. The molecule has 0 aromatic heterocycles. The Morgan fingerprint density at radius 2 is 1.84 bits per heavy atom. The lowest BCUT2D eigenvalue weighted by molar-refractivity contribution is -0.274. The number of carbonyl (C=O) groups is 1. The van der Waals surface area contributed by atoms with E-state index >= 15 is 0 Å². The van der Waals surface area contributed by atoms with Crippen LogP contribution >= 0.6 is 0 Å². The maximum atomic E-state index is 13.3. The minimum absolute atomic E-state index is 0.0694. The lowest BCUT2D eigenvalue weighted by Gasteiger charge is -2.35. The van der Waals surface area contributed by atoms with Crippen LogP contribution < -0.4 is 9.46 Å². The van der Waals surface area contributed by atoms with Crippen LogP contribution in [0.1, 0.15) is 15.9 Å². The molecule has 31 heavy (non-hydrogen) atoms. The minimum Gasteiger partial charge on any atom is -0.755 e. The monoisotopic (exact) mass is 460 g/mol. The Balaban J connectivity index is 1.67. The van der Waals surface area contributed by atoms with Crippen molar-refractivity contribution in [2.45, 2.75) is 12.9 Å². The summed E-state index contributed by atoms with van der Waals surface area (Å²) in [6, 6.07) is 9.31. The van der Waals surface area contributed by atoms with Crippen LogP contribution in [0, 0.1) is 5.82 Å². The molecule has 0 aliphatic carbocycles. The highest BCUT2D eigenvalue weighted by Crippen LogP contribution is 2.32. The Bertz CT molecular complexity index is 965. The Morgan fingerprint density at radius 1 is 1.13 bits per heavy atom. The van der Waals surface area contributed by atoms with E-state index in [9.17, 15) is 31.1 Å².